The van der Waals surface area contributed by atoms with Crippen LogP contribution in [0, 0.1) is 5.92 Å². The van der Waals surface area contributed by atoms with Gasteiger partial charge in [-0.3, -0.25) is 0 Å². The van der Waals surface area contributed by atoms with E-state index < -0.39 is 0 Å². The zero-order valence-electron chi connectivity index (χ0n) is 8.18. The molecule has 2 aliphatic carbocycles. The zero-order chi connectivity index (χ0) is 9.26. The predicted octanol–water partition coefficient (Wildman–Crippen LogP) is 1.64. The van der Waals surface area contributed by atoms with E-state index in [1.54, 1.807) is 0 Å². The van der Waals surface area contributed by atoms with Gasteiger partial charge < -0.3 is 10.6 Å². The van der Waals surface area contributed by atoms with Gasteiger partial charge in [-0.25, -0.2) is 4.79 Å². The summed E-state index contributed by atoms with van der Waals surface area (Å²) in [6.45, 7) is 2.19. The van der Waals surface area contributed by atoms with Crippen LogP contribution in [-0.4, -0.2) is 18.1 Å². The summed E-state index contributed by atoms with van der Waals surface area (Å²) in [5, 5.41) is 5.95. The first kappa shape index (κ1) is 8.85. The monoisotopic (exact) mass is 182 g/mol. The molecule has 0 aliphatic heterocycles. The van der Waals surface area contributed by atoms with E-state index in [0.29, 0.717) is 12.1 Å². The molecule has 0 aromatic heterocycles. The van der Waals surface area contributed by atoms with E-state index in [-0.39, 0.29) is 6.03 Å². The van der Waals surface area contributed by atoms with Gasteiger partial charge in [0.15, 0.2) is 0 Å². The van der Waals surface area contributed by atoms with Crippen LogP contribution >= 0.6 is 0 Å². The minimum atomic E-state index is 0.0473. The van der Waals surface area contributed by atoms with Crippen molar-refractivity contribution in [3.63, 3.8) is 0 Å². The Labute approximate surface area is 79.3 Å². The first-order chi connectivity index (χ1) is 6.29. The fourth-order valence-corrected chi connectivity index (χ4v) is 1.74. The number of carbonyl (C=O) groups is 1. The lowest BCUT2D eigenvalue weighted by atomic mass is 10.2. The molecule has 0 saturated heterocycles. The number of amides is 2. The maximum absolute atomic E-state index is 11.3. The summed E-state index contributed by atoms with van der Waals surface area (Å²) in [5.74, 6) is 0.759. The second-order valence-electron chi connectivity index (χ2n) is 4.28. The van der Waals surface area contributed by atoms with Gasteiger partial charge in [-0.05, 0) is 31.6 Å². The van der Waals surface area contributed by atoms with Crippen molar-refractivity contribution in [3.05, 3.63) is 0 Å². The van der Waals surface area contributed by atoms with Crippen LogP contribution in [0.25, 0.3) is 0 Å². The molecule has 2 atom stereocenters. The first-order valence-corrected chi connectivity index (χ1v) is 5.36. The molecule has 74 valence electrons. The van der Waals surface area contributed by atoms with Gasteiger partial charge in [-0.1, -0.05) is 13.3 Å². The molecule has 0 radical (unpaired) electrons. The summed E-state index contributed by atoms with van der Waals surface area (Å²) < 4.78 is 0. The molecule has 3 heteroatoms. The van der Waals surface area contributed by atoms with Gasteiger partial charge in [0.1, 0.15) is 0 Å². The Morgan fingerprint density at radius 1 is 1.38 bits per heavy atom. The Kier molecular flexibility index (Phi) is 2.42. The molecule has 0 spiro atoms. The molecule has 0 aromatic rings. The number of urea groups is 1. The summed E-state index contributed by atoms with van der Waals surface area (Å²) in [6, 6.07) is 0.994. The highest BCUT2D eigenvalue weighted by atomic mass is 16.2. The van der Waals surface area contributed by atoms with Crippen molar-refractivity contribution in [1.82, 2.24) is 10.6 Å². The molecule has 3 nitrogen and oxygen atoms in total. The summed E-state index contributed by atoms with van der Waals surface area (Å²) in [5.41, 5.74) is 0. The Morgan fingerprint density at radius 2 is 2.15 bits per heavy atom. The third kappa shape index (κ3) is 2.61. The van der Waals surface area contributed by atoms with Crippen LogP contribution in [0.4, 0.5) is 4.79 Å². The average molecular weight is 182 g/mol. The second kappa shape index (κ2) is 3.56. The van der Waals surface area contributed by atoms with Crippen molar-refractivity contribution in [2.24, 2.45) is 5.92 Å². The van der Waals surface area contributed by atoms with E-state index in [4.69, 9.17) is 0 Å². The van der Waals surface area contributed by atoms with Crippen molar-refractivity contribution in [1.29, 1.82) is 0 Å². The number of nitrogens with one attached hydrogen (secondary N) is 2. The molecular formula is C10H18N2O. The lowest BCUT2D eigenvalue weighted by Crippen LogP contribution is -2.38. The molecule has 2 amide bonds. The molecule has 2 unspecified atom stereocenters. The Morgan fingerprint density at radius 3 is 2.77 bits per heavy atom. The molecule has 0 aromatic carbocycles. The molecular weight excluding hydrogens is 164 g/mol. The normalized spacial score (nSPS) is 31.2. The number of hydrogen-bond acceptors (Lipinski definition) is 1. The molecule has 13 heavy (non-hydrogen) atoms. The average Bonchev–Trinajstić information content (AvgIpc) is 2.92. The summed E-state index contributed by atoms with van der Waals surface area (Å²) in [7, 11) is 0. The Balaban J connectivity index is 1.59. The third-order valence-corrected chi connectivity index (χ3v) is 2.81. The van der Waals surface area contributed by atoms with Crippen molar-refractivity contribution in [2.75, 3.05) is 0 Å². The zero-order valence-corrected chi connectivity index (χ0v) is 8.18. The van der Waals surface area contributed by atoms with Crippen molar-refractivity contribution < 1.29 is 4.79 Å². The molecule has 0 bridgehead atoms. The molecule has 2 saturated carbocycles. The minimum Gasteiger partial charge on any atom is -0.335 e. The van der Waals surface area contributed by atoms with Crippen LogP contribution < -0.4 is 10.6 Å². The maximum Gasteiger partial charge on any atom is 0.315 e. The third-order valence-electron chi connectivity index (χ3n) is 2.81. The van der Waals surface area contributed by atoms with Gasteiger partial charge in [-0.15, -0.1) is 0 Å². The van der Waals surface area contributed by atoms with Crippen LogP contribution in [0.1, 0.15) is 39.0 Å². The molecule has 0 heterocycles. The highest BCUT2D eigenvalue weighted by Gasteiger charge is 2.37. The Hall–Kier alpha value is -0.730. The largest absolute Gasteiger partial charge is 0.335 e. The minimum absolute atomic E-state index is 0.0473. The topological polar surface area (TPSA) is 41.1 Å². The van der Waals surface area contributed by atoms with E-state index in [2.05, 4.69) is 17.6 Å². The molecule has 2 N–H and O–H groups in total. The summed E-state index contributed by atoms with van der Waals surface area (Å²) >= 11 is 0. The van der Waals surface area contributed by atoms with Crippen LogP contribution in [0.15, 0.2) is 0 Å². The van der Waals surface area contributed by atoms with Crippen LogP contribution in [0.5, 0.6) is 0 Å². The van der Waals surface area contributed by atoms with E-state index in [9.17, 15) is 4.79 Å². The SMILES string of the molecule is CCCC1CC1NC(=O)NC1CC1. The standard InChI is InChI=1S/C10H18N2O/c1-2-3-7-6-9(7)12-10(13)11-8-4-5-8/h7-9H,2-6H2,1H3,(H2,11,12,13). The van der Waals surface area contributed by atoms with Gasteiger partial charge in [-0.2, -0.15) is 0 Å². The van der Waals surface area contributed by atoms with Gasteiger partial charge in [0.05, 0.1) is 0 Å². The quantitative estimate of drug-likeness (QED) is 0.681. The highest BCUT2D eigenvalue weighted by Crippen LogP contribution is 2.34. The van der Waals surface area contributed by atoms with Crippen molar-refractivity contribution >= 4 is 6.03 Å². The van der Waals surface area contributed by atoms with E-state index in [1.165, 1.54) is 19.3 Å². The lowest BCUT2D eigenvalue weighted by molar-refractivity contribution is 0.239. The van der Waals surface area contributed by atoms with Crippen LogP contribution in [0.2, 0.25) is 0 Å². The smallest absolute Gasteiger partial charge is 0.315 e. The lowest BCUT2D eigenvalue weighted by Gasteiger charge is -2.05. The van der Waals surface area contributed by atoms with Gasteiger partial charge in [0.2, 0.25) is 0 Å². The first-order valence-electron chi connectivity index (χ1n) is 5.36. The second-order valence-corrected chi connectivity index (χ2v) is 4.28. The number of hydrogen-bond donors (Lipinski definition) is 2. The summed E-state index contributed by atoms with van der Waals surface area (Å²) in [6.07, 6.45) is 6.00. The van der Waals surface area contributed by atoms with Crippen molar-refractivity contribution in [2.45, 2.75) is 51.1 Å². The van der Waals surface area contributed by atoms with Gasteiger partial charge in [0, 0.05) is 12.1 Å². The molecule has 2 aliphatic rings. The Bertz CT molecular complexity index is 201. The van der Waals surface area contributed by atoms with Gasteiger partial charge >= 0.3 is 6.03 Å². The predicted molar refractivity (Wildman–Crippen MR) is 51.5 cm³/mol. The molecule has 2 fully saturated rings. The van der Waals surface area contributed by atoms with E-state index >= 15 is 0 Å². The van der Waals surface area contributed by atoms with Crippen LogP contribution in [0.3, 0.4) is 0 Å². The fourth-order valence-electron chi connectivity index (χ4n) is 1.74. The van der Waals surface area contributed by atoms with Crippen molar-refractivity contribution in [3.8, 4) is 0 Å². The summed E-state index contributed by atoms with van der Waals surface area (Å²) in [4.78, 5) is 11.3. The molecule has 2 rings (SSSR count). The highest BCUT2D eigenvalue weighted by molar-refractivity contribution is 5.75. The fraction of sp³-hybridized carbons (Fsp3) is 0.900. The van der Waals surface area contributed by atoms with E-state index in [1.807, 2.05) is 0 Å². The number of rotatable bonds is 4. The van der Waals surface area contributed by atoms with E-state index in [0.717, 1.165) is 18.8 Å². The number of carbonyl (C=O) groups excluding carboxylic acids is 1. The van der Waals surface area contributed by atoms with Gasteiger partial charge in [0.25, 0.3) is 0 Å². The van der Waals surface area contributed by atoms with Crippen LogP contribution in [-0.2, 0) is 0 Å². The maximum atomic E-state index is 11.3.